The van der Waals surface area contributed by atoms with Crippen molar-refractivity contribution in [2.75, 3.05) is 26.1 Å². The molecule has 2 amide bonds. The quantitative estimate of drug-likeness (QED) is 0.188. The number of benzene rings is 2. The summed E-state index contributed by atoms with van der Waals surface area (Å²) in [5.41, 5.74) is 0.0304. The van der Waals surface area contributed by atoms with Crippen molar-refractivity contribution in [2.45, 2.75) is 56.6 Å². The number of nitrogens with zero attached hydrogens (tertiary/aromatic N) is 1. The number of nitrogens with one attached hydrogen (secondary N) is 4. The van der Waals surface area contributed by atoms with Gasteiger partial charge in [-0.2, -0.15) is 17.9 Å². The Balaban J connectivity index is 1.73. The standard InChI is InChI=1S/C28H37N5O9S2/c1-28(2,3)42-27(35)33-44(38,39)30-17-7-6-12-22(26(34)31-21-13-8-10-19-11-9-16-29-25(19)21)32-43(36,37)20-14-15-23(40-4)24(18-20)41-5/h8-11,13-16,18,22,30,32H,6-7,12,17H2,1-5H3,(H,31,34)(H,33,35)/t22-/m0/s1. The summed E-state index contributed by atoms with van der Waals surface area (Å²) < 4.78 is 72.9. The number of unbranched alkanes of at least 4 members (excludes halogenated alkanes) is 1. The average Bonchev–Trinajstić information content (AvgIpc) is 2.94. The molecule has 3 rings (SSSR count). The second-order valence-corrected chi connectivity index (χ2v) is 13.8. The van der Waals surface area contributed by atoms with Crippen molar-refractivity contribution in [2.24, 2.45) is 0 Å². The van der Waals surface area contributed by atoms with Gasteiger partial charge in [-0.25, -0.2) is 17.9 Å². The lowest BCUT2D eigenvalue weighted by atomic mass is 10.1. The van der Waals surface area contributed by atoms with Crippen molar-refractivity contribution in [1.29, 1.82) is 0 Å². The van der Waals surface area contributed by atoms with E-state index in [1.165, 1.54) is 32.4 Å². The van der Waals surface area contributed by atoms with E-state index in [-0.39, 0.29) is 36.5 Å². The largest absolute Gasteiger partial charge is 0.493 e. The Hall–Kier alpha value is -3.99. The van der Waals surface area contributed by atoms with Gasteiger partial charge in [-0.15, -0.1) is 0 Å². The van der Waals surface area contributed by atoms with E-state index >= 15 is 0 Å². The number of anilines is 1. The molecule has 14 nitrogen and oxygen atoms in total. The smallest absolute Gasteiger partial charge is 0.422 e. The summed E-state index contributed by atoms with van der Waals surface area (Å²) >= 11 is 0. The van der Waals surface area contributed by atoms with Crippen LogP contribution in [0.1, 0.15) is 40.0 Å². The molecule has 0 bridgehead atoms. The Morgan fingerprint density at radius 2 is 1.64 bits per heavy atom. The van der Waals surface area contributed by atoms with E-state index in [0.29, 0.717) is 17.0 Å². The summed E-state index contributed by atoms with van der Waals surface area (Å²) in [7, 11) is -5.64. The summed E-state index contributed by atoms with van der Waals surface area (Å²) in [5.74, 6) is -0.127. The van der Waals surface area contributed by atoms with E-state index < -0.39 is 43.9 Å². The zero-order chi connectivity index (χ0) is 32.5. The molecule has 2 aromatic carbocycles. The topological polar surface area (TPSA) is 191 Å². The first-order valence-electron chi connectivity index (χ1n) is 13.5. The minimum atomic E-state index is -4.23. The lowest BCUT2D eigenvalue weighted by Crippen LogP contribution is -2.44. The maximum absolute atomic E-state index is 13.5. The highest BCUT2D eigenvalue weighted by molar-refractivity contribution is 7.89. The van der Waals surface area contributed by atoms with Crippen molar-refractivity contribution in [3.63, 3.8) is 0 Å². The second kappa shape index (κ2) is 14.7. The fraction of sp³-hybridized carbons (Fsp3) is 0.393. The number of carbonyl (C=O) groups is 2. The van der Waals surface area contributed by atoms with Crippen LogP contribution in [0.5, 0.6) is 11.5 Å². The second-order valence-electron chi connectivity index (χ2n) is 10.6. The molecule has 0 fully saturated rings. The van der Waals surface area contributed by atoms with Crippen molar-refractivity contribution in [3.05, 3.63) is 54.7 Å². The highest BCUT2D eigenvalue weighted by Gasteiger charge is 2.27. The van der Waals surface area contributed by atoms with Gasteiger partial charge < -0.3 is 19.5 Å². The first-order chi connectivity index (χ1) is 20.6. The Kier molecular flexibility index (Phi) is 11.5. The monoisotopic (exact) mass is 651 g/mol. The van der Waals surface area contributed by atoms with Gasteiger partial charge in [0.05, 0.1) is 30.3 Å². The number of hydrogen-bond donors (Lipinski definition) is 4. The SMILES string of the molecule is COc1ccc(S(=O)(=O)N[C@@H](CCCCNS(=O)(=O)NC(=O)OC(C)(C)C)C(=O)Nc2cccc3cccnc23)cc1OC. The van der Waals surface area contributed by atoms with Crippen LogP contribution in [0.25, 0.3) is 10.9 Å². The van der Waals surface area contributed by atoms with Crippen molar-refractivity contribution < 1.29 is 40.6 Å². The number of sulfonamides is 1. The molecule has 0 aliphatic carbocycles. The summed E-state index contributed by atoms with van der Waals surface area (Å²) in [6.07, 6.45) is 0.905. The van der Waals surface area contributed by atoms with Crippen molar-refractivity contribution in [1.82, 2.24) is 19.2 Å². The average molecular weight is 652 g/mol. The molecule has 0 saturated heterocycles. The third kappa shape index (κ3) is 10.0. The predicted molar refractivity (Wildman–Crippen MR) is 164 cm³/mol. The van der Waals surface area contributed by atoms with Gasteiger partial charge in [-0.05, 0) is 57.9 Å². The maximum atomic E-state index is 13.5. The van der Waals surface area contributed by atoms with Crippen LogP contribution in [0.15, 0.2) is 59.6 Å². The molecule has 0 aliphatic rings. The molecule has 44 heavy (non-hydrogen) atoms. The molecular formula is C28H37N5O9S2. The van der Waals surface area contributed by atoms with Gasteiger partial charge in [0.2, 0.25) is 15.9 Å². The molecule has 240 valence electrons. The molecule has 0 saturated carbocycles. The first-order valence-corrected chi connectivity index (χ1v) is 16.5. The molecule has 4 N–H and O–H groups in total. The third-order valence-electron chi connectivity index (χ3n) is 6.00. The molecule has 0 radical (unpaired) electrons. The zero-order valence-electron chi connectivity index (χ0n) is 25.0. The maximum Gasteiger partial charge on any atom is 0.422 e. The van der Waals surface area contributed by atoms with E-state index in [1.54, 1.807) is 49.9 Å². The highest BCUT2D eigenvalue weighted by Crippen LogP contribution is 2.29. The van der Waals surface area contributed by atoms with Gasteiger partial charge in [0.15, 0.2) is 11.5 Å². The third-order valence-corrected chi connectivity index (χ3v) is 8.49. The number of pyridine rings is 1. The minimum Gasteiger partial charge on any atom is -0.493 e. The van der Waals surface area contributed by atoms with E-state index in [4.69, 9.17) is 14.2 Å². The summed E-state index contributed by atoms with van der Waals surface area (Å²) in [5, 5.41) is 3.54. The fourth-order valence-electron chi connectivity index (χ4n) is 4.03. The van der Waals surface area contributed by atoms with Crippen LogP contribution < -0.4 is 29.0 Å². The number of aromatic nitrogens is 1. The van der Waals surface area contributed by atoms with Gasteiger partial charge in [0, 0.05) is 24.2 Å². The van der Waals surface area contributed by atoms with Crippen LogP contribution in [0.4, 0.5) is 10.5 Å². The lowest BCUT2D eigenvalue weighted by Gasteiger charge is -2.20. The zero-order valence-corrected chi connectivity index (χ0v) is 26.7. The van der Waals surface area contributed by atoms with Crippen LogP contribution in [0.2, 0.25) is 0 Å². The van der Waals surface area contributed by atoms with Gasteiger partial charge in [-0.3, -0.25) is 9.78 Å². The van der Waals surface area contributed by atoms with Crippen molar-refractivity contribution >= 4 is 48.8 Å². The Labute approximate surface area is 257 Å². The van der Waals surface area contributed by atoms with E-state index in [0.717, 1.165) is 5.39 Å². The first kappa shape index (κ1) is 34.5. The normalized spacial score (nSPS) is 12.8. The molecule has 0 unspecified atom stereocenters. The number of methoxy groups -OCH3 is 2. The molecule has 1 aromatic heterocycles. The number of para-hydroxylation sites is 1. The number of carbonyl (C=O) groups excluding carboxylic acids is 2. The van der Waals surface area contributed by atoms with E-state index in [2.05, 4.69) is 19.7 Å². The molecule has 3 aromatic rings. The Morgan fingerprint density at radius 1 is 0.932 bits per heavy atom. The van der Waals surface area contributed by atoms with Crippen LogP contribution in [0.3, 0.4) is 0 Å². The van der Waals surface area contributed by atoms with Crippen LogP contribution in [0, 0.1) is 0 Å². The Bertz CT molecular complexity index is 1690. The van der Waals surface area contributed by atoms with E-state index in [1.807, 2.05) is 12.1 Å². The molecular weight excluding hydrogens is 614 g/mol. The van der Waals surface area contributed by atoms with Gasteiger partial charge >= 0.3 is 16.3 Å². The molecule has 1 heterocycles. The summed E-state index contributed by atoms with van der Waals surface area (Å²) in [4.78, 5) is 29.4. The Morgan fingerprint density at radius 3 is 2.32 bits per heavy atom. The number of amides is 2. The van der Waals surface area contributed by atoms with Crippen molar-refractivity contribution in [3.8, 4) is 11.5 Å². The summed E-state index contributed by atoms with van der Waals surface area (Å²) in [6.45, 7) is 4.68. The summed E-state index contributed by atoms with van der Waals surface area (Å²) in [6, 6.07) is 11.6. The number of ether oxygens (including phenoxy) is 3. The molecule has 0 spiro atoms. The van der Waals surface area contributed by atoms with Gasteiger partial charge in [0.1, 0.15) is 11.6 Å². The van der Waals surface area contributed by atoms with E-state index in [9.17, 15) is 26.4 Å². The van der Waals surface area contributed by atoms with Gasteiger partial charge in [0.25, 0.3) is 0 Å². The van der Waals surface area contributed by atoms with Crippen LogP contribution >= 0.6 is 0 Å². The minimum absolute atomic E-state index is 0.0117. The van der Waals surface area contributed by atoms with Crippen LogP contribution in [-0.2, 0) is 29.8 Å². The molecule has 1 atom stereocenters. The number of rotatable bonds is 14. The number of fused-ring (bicyclic) bond motifs is 1. The lowest BCUT2D eigenvalue weighted by molar-refractivity contribution is -0.117. The predicted octanol–water partition coefficient (Wildman–Crippen LogP) is 3.07. The molecule has 16 heteroatoms. The number of hydrogen-bond acceptors (Lipinski definition) is 10. The van der Waals surface area contributed by atoms with Crippen LogP contribution in [-0.4, -0.2) is 66.2 Å². The molecule has 0 aliphatic heterocycles. The highest BCUT2D eigenvalue weighted by atomic mass is 32.2. The van der Waals surface area contributed by atoms with Gasteiger partial charge in [-0.1, -0.05) is 24.6 Å². The fourth-order valence-corrected chi connectivity index (χ4v) is 6.02.